The quantitative estimate of drug-likeness (QED) is 0.619. The lowest BCUT2D eigenvalue weighted by Gasteiger charge is -2.16. The van der Waals surface area contributed by atoms with Crippen LogP contribution in [0.2, 0.25) is 0 Å². The lowest BCUT2D eigenvalue weighted by atomic mass is 10.1. The second-order valence-corrected chi connectivity index (χ2v) is 5.03. The number of anilines is 1. The molecule has 0 fully saturated rings. The minimum atomic E-state index is -0.348. The normalized spacial score (nSPS) is 10.0. The Hall–Kier alpha value is -2.17. The van der Waals surface area contributed by atoms with Crippen molar-refractivity contribution < 1.29 is 14.4 Å². The number of carbonyl (C=O) groups excluding carboxylic acids is 3. The highest BCUT2D eigenvalue weighted by molar-refractivity contribution is 6.03. The number of nitrogens with zero attached hydrogens (tertiary/aromatic N) is 1. The summed E-state index contributed by atoms with van der Waals surface area (Å²) in [6.07, 6.45) is 1.76. The van der Waals surface area contributed by atoms with Gasteiger partial charge in [-0.05, 0) is 37.6 Å². The molecule has 1 aromatic carbocycles. The average molecular weight is 290 g/mol. The number of rotatable bonds is 7. The van der Waals surface area contributed by atoms with Gasteiger partial charge in [-0.1, -0.05) is 13.3 Å². The summed E-state index contributed by atoms with van der Waals surface area (Å²) in [6, 6.07) is 6.60. The maximum atomic E-state index is 11.8. The highest BCUT2D eigenvalue weighted by Crippen LogP contribution is 2.10. The molecule has 5 heteroatoms. The molecule has 0 saturated heterocycles. The Kier molecular flexibility index (Phi) is 6.59. The van der Waals surface area contributed by atoms with Crippen LogP contribution < -0.4 is 5.32 Å². The Bertz CT molecular complexity index is 509. The van der Waals surface area contributed by atoms with Crippen molar-refractivity contribution in [2.24, 2.45) is 0 Å². The summed E-state index contributed by atoms with van der Waals surface area (Å²) in [5, 5.41) is 2.65. The van der Waals surface area contributed by atoms with E-state index in [1.807, 2.05) is 0 Å². The Labute approximate surface area is 125 Å². The molecule has 21 heavy (non-hydrogen) atoms. The first kappa shape index (κ1) is 16.9. The molecule has 0 bridgehead atoms. The zero-order chi connectivity index (χ0) is 15.8. The Morgan fingerprint density at radius 3 is 2.29 bits per heavy atom. The molecule has 0 atom stereocenters. The topological polar surface area (TPSA) is 66.5 Å². The molecule has 1 N–H and O–H groups in total. The molecule has 0 aliphatic carbocycles. The van der Waals surface area contributed by atoms with Crippen molar-refractivity contribution in [3.05, 3.63) is 29.8 Å². The van der Waals surface area contributed by atoms with E-state index in [9.17, 15) is 14.4 Å². The van der Waals surface area contributed by atoms with E-state index < -0.39 is 0 Å². The van der Waals surface area contributed by atoms with Gasteiger partial charge in [-0.25, -0.2) is 0 Å². The van der Waals surface area contributed by atoms with Crippen molar-refractivity contribution in [2.45, 2.75) is 33.1 Å². The fraction of sp³-hybridized carbons (Fsp3) is 0.438. The monoisotopic (exact) mass is 290 g/mol. The molecular formula is C16H22N2O3. The first-order valence-electron chi connectivity index (χ1n) is 7.09. The number of ketones is 1. The van der Waals surface area contributed by atoms with Crippen molar-refractivity contribution >= 4 is 23.3 Å². The van der Waals surface area contributed by atoms with E-state index in [-0.39, 0.29) is 24.0 Å². The Balaban J connectivity index is 2.49. The second-order valence-electron chi connectivity index (χ2n) is 5.03. The van der Waals surface area contributed by atoms with E-state index in [4.69, 9.17) is 0 Å². The van der Waals surface area contributed by atoms with Gasteiger partial charge in [-0.2, -0.15) is 0 Å². The van der Waals surface area contributed by atoms with Crippen LogP contribution in [0.1, 0.15) is 43.5 Å². The van der Waals surface area contributed by atoms with Crippen LogP contribution in [0.4, 0.5) is 5.69 Å². The lowest BCUT2D eigenvalue weighted by molar-refractivity contribution is -0.133. The zero-order valence-electron chi connectivity index (χ0n) is 12.8. The molecule has 0 radical (unpaired) electrons. The fourth-order valence-corrected chi connectivity index (χ4v) is 1.79. The van der Waals surface area contributed by atoms with E-state index >= 15 is 0 Å². The predicted octanol–water partition coefficient (Wildman–Crippen LogP) is 2.48. The zero-order valence-corrected chi connectivity index (χ0v) is 12.8. The minimum Gasteiger partial charge on any atom is -0.345 e. The first-order valence-corrected chi connectivity index (χ1v) is 7.09. The van der Waals surface area contributed by atoms with Gasteiger partial charge in [0.1, 0.15) is 6.42 Å². The molecule has 0 aliphatic rings. The van der Waals surface area contributed by atoms with Crippen LogP contribution in [0.15, 0.2) is 24.3 Å². The summed E-state index contributed by atoms with van der Waals surface area (Å²) in [6.45, 7) is 4.20. The smallest absolute Gasteiger partial charge is 0.233 e. The number of unbranched alkanes of at least 4 members (excludes halogenated alkanes) is 1. The minimum absolute atomic E-state index is 0.0272. The van der Waals surface area contributed by atoms with Crippen molar-refractivity contribution in [3.63, 3.8) is 0 Å². The summed E-state index contributed by atoms with van der Waals surface area (Å²) < 4.78 is 0. The fourth-order valence-electron chi connectivity index (χ4n) is 1.79. The summed E-state index contributed by atoms with van der Waals surface area (Å²) in [5.41, 5.74) is 1.16. The van der Waals surface area contributed by atoms with Gasteiger partial charge in [0.25, 0.3) is 0 Å². The van der Waals surface area contributed by atoms with Gasteiger partial charge in [-0.3, -0.25) is 14.4 Å². The van der Waals surface area contributed by atoms with Crippen molar-refractivity contribution in [2.75, 3.05) is 18.9 Å². The summed E-state index contributed by atoms with van der Waals surface area (Å²) in [4.78, 5) is 36.3. The molecular weight excluding hydrogens is 268 g/mol. The van der Waals surface area contributed by atoms with E-state index in [1.165, 1.54) is 6.92 Å². The van der Waals surface area contributed by atoms with Crippen molar-refractivity contribution in [1.29, 1.82) is 0 Å². The molecule has 0 spiro atoms. The Morgan fingerprint density at radius 1 is 1.14 bits per heavy atom. The molecule has 2 amide bonds. The molecule has 1 rings (SSSR count). The van der Waals surface area contributed by atoms with E-state index in [0.717, 1.165) is 12.8 Å². The van der Waals surface area contributed by atoms with Gasteiger partial charge in [-0.15, -0.1) is 0 Å². The summed E-state index contributed by atoms with van der Waals surface area (Å²) >= 11 is 0. The van der Waals surface area contributed by atoms with Gasteiger partial charge in [0.2, 0.25) is 11.8 Å². The molecule has 1 aromatic rings. The largest absolute Gasteiger partial charge is 0.345 e. The van der Waals surface area contributed by atoms with E-state index in [1.54, 1.807) is 36.2 Å². The number of carbonyl (C=O) groups is 3. The number of hydrogen-bond donors (Lipinski definition) is 1. The van der Waals surface area contributed by atoms with Gasteiger partial charge < -0.3 is 10.2 Å². The standard InChI is InChI=1S/C16H22N2O3/c1-4-5-10-18(3)16(21)11-15(20)17-14-8-6-13(7-9-14)12(2)19/h6-9H,4-5,10-11H2,1-3H3,(H,17,20). The molecule has 0 aliphatic heterocycles. The van der Waals surface area contributed by atoms with Crippen LogP contribution in [0.25, 0.3) is 0 Å². The van der Waals surface area contributed by atoms with Crippen LogP contribution >= 0.6 is 0 Å². The summed E-state index contributed by atoms with van der Waals surface area (Å²) in [5.74, 6) is -0.569. The third-order valence-electron chi connectivity index (χ3n) is 3.16. The van der Waals surface area contributed by atoms with Crippen LogP contribution in [0, 0.1) is 0 Å². The maximum Gasteiger partial charge on any atom is 0.233 e. The molecule has 0 unspecified atom stereocenters. The predicted molar refractivity (Wildman–Crippen MR) is 82.2 cm³/mol. The van der Waals surface area contributed by atoms with Gasteiger partial charge in [0, 0.05) is 24.8 Å². The first-order chi connectivity index (χ1) is 9.93. The second kappa shape index (κ2) is 8.19. The van der Waals surface area contributed by atoms with Gasteiger partial charge in [0.15, 0.2) is 5.78 Å². The van der Waals surface area contributed by atoms with Gasteiger partial charge in [0.05, 0.1) is 0 Å². The van der Waals surface area contributed by atoms with Crippen LogP contribution in [0.3, 0.4) is 0 Å². The number of benzene rings is 1. The van der Waals surface area contributed by atoms with E-state index in [2.05, 4.69) is 12.2 Å². The Morgan fingerprint density at radius 2 is 1.76 bits per heavy atom. The lowest BCUT2D eigenvalue weighted by Crippen LogP contribution is -2.31. The number of nitrogens with one attached hydrogen (secondary N) is 1. The summed E-state index contributed by atoms with van der Waals surface area (Å²) in [7, 11) is 1.70. The van der Waals surface area contributed by atoms with Gasteiger partial charge >= 0.3 is 0 Å². The van der Waals surface area contributed by atoms with Crippen LogP contribution in [-0.2, 0) is 9.59 Å². The number of Topliss-reactive ketones (excluding diaryl/α,β-unsaturated/α-hetero) is 1. The van der Waals surface area contributed by atoms with Crippen LogP contribution in [0.5, 0.6) is 0 Å². The highest BCUT2D eigenvalue weighted by atomic mass is 16.2. The van der Waals surface area contributed by atoms with Crippen molar-refractivity contribution in [1.82, 2.24) is 4.90 Å². The molecule has 5 nitrogen and oxygen atoms in total. The maximum absolute atomic E-state index is 11.8. The average Bonchev–Trinajstić information content (AvgIpc) is 2.45. The third-order valence-corrected chi connectivity index (χ3v) is 3.16. The molecule has 0 saturated carbocycles. The SMILES string of the molecule is CCCCN(C)C(=O)CC(=O)Nc1ccc(C(C)=O)cc1. The molecule has 0 heterocycles. The number of amides is 2. The molecule has 114 valence electrons. The molecule has 0 aromatic heterocycles. The third kappa shape index (κ3) is 5.77. The number of hydrogen-bond acceptors (Lipinski definition) is 3. The van der Waals surface area contributed by atoms with Crippen molar-refractivity contribution in [3.8, 4) is 0 Å². The van der Waals surface area contributed by atoms with E-state index in [0.29, 0.717) is 17.8 Å². The highest BCUT2D eigenvalue weighted by Gasteiger charge is 2.13. The van der Waals surface area contributed by atoms with Crippen LogP contribution in [-0.4, -0.2) is 36.1 Å².